The Morgan fingerprint density at radius 3 is 2.38 bits per heavy atom. The molecule has 1 aliphatic rings. The molecule has 21 heavy (non-hydrogen) atoms. The molecule has 0 spiro atoms. The maximum absolute atomic E-state index is 12.9. The summed E-state index contributed by atoms with van der Waals surface area (Å²) in [5.74, 6) is 0.215. The number of nitrogens with zero attached hydrogens (tertiary/aromatic N) is 1. The number of aryl methyl sites for hydroxylation is 1. The van der Waals surface area contributed by atoms with Crippen LogP contribution in [-0.4, -0.2) is 12.5 Å². The predicted molar refractivity (Wildman–Crippen MR) is 86.7 cm³/mol. The van der Waals surface area contributed by atoms with Crippen molar-refractivity contribution in [2.24, 2.45) is 0 Å². The number of hydrogen-bond acceptors (Lipinski definition) is 1. The Morgan fingerprint density at radius 1 is 1.05 bits per heavy atom. The van der Waals surface area contributed by atoms with Crippen molar-refractivity contribution >= 4 is 11.6 Å². The van der Waals surface area contributed by atoms with E-state index in [1.165, 1.54) is 11.1 Å². The van der Waals surface area contributed by atoms with Gasteiger partial charge >= 0.3 is 0 Å². The number of amides is 1. The van der Waals surface area contributed by atoms with E-state index in [-0.39, 0.29) is 5.91 Å². The Hall–Kier alpha value is -2.09. The molecular weight excluding hydrogens is 258 g/mol. The lowest BCUT2D eigenvalue weighted by molar-refractivity contribution is -0.122. The lowest BCUT2D eigenvalue weighted by Gasteiger charge is -2.24. The summed E-state index contributed by atoms with van der Waals surface area (Å²) in [7, 11) is 0. The van der Waals surface area contributed by atoms with Crippen LogP contribution in [0.5, 0.6) is 0 Å². The minimum Gasteiger partial charge on any atom is -0.312 e. The Morgan fingerprint density at radius 2 is 1.71 bits per heavy atom. The molecule has 1 aliphatic heterocycles. The largest absolute Gasteiger partial charge is 0.312 e. The Bertz CT molecular complexity index is 674. The summed E-state index contributed by atoms with van der Waals surface area (Å²) in [5, 5.41) is 0. The van der Waals surface area contributed by atoms with Crippen LogP contribution in [0.3, 0.4) is 0 Å². The van der Waals surface area contributed by atoms with Gasteiger partial charge in [-0.05, 0) is 44.4 Å². The third kappa shape index (κ3) is 2.15. The number of carbonyl (C=O) groups excluding carboxylic acids is 1. The van der Waals surface area contributed by atoms with Crippen LogP contribution in [0.25, 0.3) is 0 Å². The van der Waals surface area contributed by atoms with Gasteiger partial charge in [0.1, 0.15) is 0 Å². The van der Waals surface area contributed by atoms with E-state index in [1.807, 2.05) is 24.0 Å². The topological polar surface area (TPSA) is 20.3 Å². The highest BCUT2D eigenvalue weighted by Gasteiger charge is 2.46. The smallest absolute Gasteiger partial charge is 0.237 e. The van der Waals surface area contributed by atoms with Crippen LogP contribution in [0, 0.1) is 6.92 Å². The molecule has 1 atom stereocenters. The summed E-state index contributed by atoms with van der Waals surface area (Å²) in [6.45, 7) is 6.91. The van der Waals surface area contributed by atoms with Crippen molar-refractivity contribution in [3.63, 3.8) is 0 Å². The van der Waals surface area contributed by atoms with E-state index in [0.29, 0.717) is 0 Å². The fourth-order valence-corrected chi connectivity index (χ4v) is 3.30. The molecule has 2 aromatic carbocycles. The highest BCUT2D eigenvalue weighted by Crippen LogP contribution is 2.43. The molecule has 1 unspecified atom stereocenters. The molecule has 0 aliphatic carbocycles. The van der Waals surface area contributed by atoms with Crippen LogP contribution in [0.4, 0.5) is 5.69 Å². The first-order chi connectivity index (χ1) is 10.1. The summed E-state index contributed by atoms with van der Waals surface area (Å²) >= 11 is 0. The van der Waals surface area contributed by atoms with Crippen molar-refractivity contribution in [1.29, 1.82) is 0 Å². The number of fused-ring (bicyclic) bond motifs is 1. The van der Waals surface area contributed by atoms with Crippen LogP contribution in [-0.2, 0) is 16.6 Å². The van der Waals surface area contributed by atoms with Crippen molar-refractivity contribution < 1.29 is 4.79 Å². The SMILES string of the molecule is CCN1C(=O)C(C)(Cc2ccc(C)cc2)c2ccccc21. The van der Waals surface area contributed by atoms with Crippen LogP contribution < -0.4 is 4.90 Å². The van der Waals surface area contributed by atoms with Crippen molar-refractivity contribution in [3.05, 3.63) is 65.2 Å². The lowest BCUT2D eigenvalue weighted by Crippen LogP contribution is -2.39. The molecule has 2 heteroatoms. The van der Waals surface area contributed by atoms with Crippen molar-refractivity contribution in [2.75, 3.05) is 11.4 Å². The quantitative estimate of drug-likeness (QED) is 0.835. The van der Waals surface area contributed by atoms with E-state index in [1.54, 1.807) is 0 Å². The summed E-state index contributed by atoms with van der Waals surface area (Å²) in [6, 6.07) is 16.7. The van der Waals surface area contributed by atoms with Crippen molar-refractivity contribution in [1.82, 2.24) is 0 Å². The molecule has 0 N–H and O–H groups in total. The van der Waals surface area contributed by atoms with E-state index in [2.05, 4.69) is 50.2 Å². The molecule has 0 saturated heterocycles. The van der Waals surface area contributed by atoms with Gasteiger partial charge < -0.3 is 4.90 Å². The zero-order valence-corrected chi connectivity index (χ0v) is 12.9. The molecule has 1 heterocycles. The molecule has 0 fully saturated rings. The first kappa shape index (κ1) is 13.9. The molecule has 1 amide bonds. The molecule has 3 rings (SSSR count). The first-order valence-corrected chi connectivity index (χ1v) is 7.53. The van der Waals surface area contributed by atoms with Gasteiger partial charge in [0.05, 0.1) is 5.41 Å². The second kappa shape index (κ2) is 5.03. The Labute approximate surface area is 126 Å². The van der Waals surface area contributed by atoms with E-state index in [4.69, 9.17) is 0 Å². The van der Waals surface area contributed by atoms with Crippen LogP contribution in [0.2, 0.25) is 0 Å². The molecule has 108 valence electrons. The third-order valence-electron chi connectivity index (χ3n) is 4.50. The summed E-state index contributed by atoms with van der Waals surface area (Å²) in [4.78, 5) is 14.8. The zero-order valence-electron chi connectivity index (χ0n) is 12.9. The van der Waals surface area contributed by atoms with Gasteiger partial charge in [0, 0.05) is 12.2 Å². The van der Waals surface area contributed by atoms with Gasteiger partial charge in [-0.25, -0.2) is 0 Å². The Kier molecular flexibility index (Phi) is 3.32. The van der Waals surface area contributed by atoms with E-state index >= 15 is 0 Å². The van der Waals surface area contributed by atoms with Crippen molar-refractivity contribution in [2.45, 2.75) is 32.6 Å². The first-order valence-electron chi connectivity index (χ1n) is 7.53. The lowest BCUT2D eigenvalue weighted by atomic mass is 9.78. The molecule has 0 radical (unpaired) electrons. The molecule has 0 bridgehead atoms. The minimum absolute atomic E-state index is 0.215. The van der Waals surface area contributed by atoms with Gasteiger partial charge in [0.25, 0.3) is 0 Å². The van der Waals surface area contributed by atoms with Gasteiger partial charge in [-0.2, -0.15) is 0 Å². The van der Waals surface area contributed by atoms with Gasteiger partial charge in [-0.3, -0.25) is 4.79 Å². The Balaban J connectivity index is 2.03. The van der Waals surface area contributed by atoms with Gasteiger partial charge in [-0.1, -0.05) is 48.0 Å². The zero-order chi connectivity index (χ0) is 15.0. The number of rotatable bonds is 3. The number of para-hydroxylation sites is 1. The number of benzene rings is 2. The highest BCUT2D eigenvalue weighted by molar-refractivity contribution is 6.08. The average Bonchev–Trinajstić information content (AvgIpc) is 2.70. The van der Waals surface area contributed by atoms with Crippen LogP contribution >= 0.6 is 0 Å². The molecule has 2 aromatic rings. The molecule has 2 nitrogen and oxygen atoms in total. The highest BCUT2D eigenvalue weighted by atomic mass is 16.2. The van der Waals surface area contributed by atoms with E-state index < -0.39 is 5.41 Å². The monoisotopic (exact) mass is 279 g/mol. The van der Waals surface area contributed by atoms with Gasteiger partial charge in [0.2, 0.25) is 5.91 Å². The second-order valence-electron chi connectivity index (χ2n) is 6.06. The third-order valence-corrected chi connectivity index (χ3v) is 4.50. The molecular formula is C19H21NO. The number of hydrogen-bond donors (Lipinski definition) is 0. The number of likely N-dealkylation sites (N-methyl/N-ethyl adjacent to an activating group) is 1. The van der Waals surface area contributed by atoms with E-state index in [9.17, 15) is 4.79 Å². The van der Waals surface area contributed by atoms with Gasteiger partial charge in [0.15, 0.2) is 0 Å². The molecule has 0 aromatic heterocycles. The minimum atomic E-state index is -0.456. The molecule has 0 saturated carbocycles. The van der Waals surface area contributed by atoms with Crippen molar-refractivity contribution in [3.8, 4) is 0 Å². The predicted octanol–water partition coefficient (Wildman–Crippen LogP) is 3.86. The van der Waals surface area contributed by atoms with Crippen LogP contribution in [0.15, 0.2) is 48.5 Å². The average molecular weight is 279 g/mol. The normalized spacial score (nSPS) is 20.7. The van der Waals surface area contributed by atoms with E-state index in [0.717, 1.165) is 24.2 Å². The number of anilines is 1. The van der Waals surface area contributed by atoms with Crippen LogP contribution in [0.1, 0.15) is 30.5 Å². The number of carbonyl (C=O) groups is 1. The summed E-state index contributed by atoms with van der Waals surface area (Å²) in [6.07, 6.45) is 0.750. The van der Waals surface area contributed by atoms with Gasteiger partial charge in [-0.15, -0.1) is 0 Å². The summed E-state index contributed by atoms with van der Waals surface area (Å²) < 4.78 is 0. The maximum atomic E-state index is 12.9. The second-order valence-corrected chi connectivity index (χ2v) is 6.06. The fraction of sp³-hybridized carbons (Fsp3) is 0.316. The summed E-state index contributed by atoms with van der Waals surface area (Å²) in [5.41, 5.74) is 4.22. The fourth-order valence-electron chi connectivity index (χ4n) is 3.30. The maximum Gasteiger partial charge on any atom is 0.237 e. The standard InChI is InChI=1S/C19H21NO/c1-4-20-17-8-6-5-7-16(17)19(3,18(20)21)13-15-11-9-14(2)10-12-15/h5-12H,4,13H2,1-3H3.